The molecule has 0 atom stereocenters. The lowest BCUT2D eigenvalue weighted by Gasteiger charge is -2.03. The van der Waals surface area contributed by atoms with Crippen LogP contribution >= 0.6 is 15.9 Å². The maximum absolute atomic E-state index is 10.7. The number of rotatable bonds is 3. The van der Waals surface area contributed by atoms with E-state index in [0.717, 1.165) is 0 Å². The Morgan fingerprint density at radius 2 is 2.06 bits per heavy atom. The molecule has 2 N–H and O–H groups in total. The first-order chi connectivity index (χ1) is 8.08. The molecule has 0 heterocycles. The van der Waals surface area contributed by atoms with E-state index in [4.69, 9.17) is 15.6 Å². The lowest BCUT2D eigenvalue weighted by atomic mass is 10.2. The van der Waals surface area contributed by atoms with E-state index in [1.165, 1.54) is 18.3 Å². The van der Waals surface area contributed by atoms with Crippen LogP contribution < -0.4 is 5.32 Å². The average molecular weight is 292 g/mol. The summed E-state index contributed by atoms with van der Waals surface area (Å²) in [5, 5.41) is 28.5. The highest BCUT2D eigenvalue weighted by atomic mass is 79.9. The van der Waals surface area contributed by atoms with Crippen LogP contribution in [0.4, 0.5) is 5.69 Å². The van der Waals surface area contributed by atoms with E-state index in [9.17, 15) is 4.79 Å². The molecule has 1 aromatic rings. The highest BCUT2D eigenvalue weighted by Crippen LogP contribution is 2.21. The molecule has 0 aliphatic heterocycles. The van der Waals surface area contributed by atoms with E-state index in [1.807, 2.05) is 0 Å². The molecular weight excluding hydrogens is 286 g/mol. The summed E-state index contributed by atoms with van der Waals surface area (Å²) in [6.07, 6.45) is 1.25. The third-order valence-electron chi connectivity index (χ3n) is 1.82. The third kappa shape index (κ3) is 3.33. The lowest BCUT2D eigenvalue weighted by Crippen LogP contribution is -1.98. The first-order valence-corrected chi connectivity index (χ1v) is 5.17. The van der Waals surface area contributed by atoms with Crippen molar-refractivity contribution < 1.29 is 9.90 Å². The summed E-state index contributed by atoms with van der Waals surface area (Å²) in [6.45, 7) is 0. The average Bonchev–Trinajstić information content (AvgIpc) is 2.30. The molecule has 1 aromatic carbocycles. The molecule has 0 spiro atoms. The number of nitriles is 2. The summed E-state index contributed by atoms with van der Waals surface area (Å²) in [5.41, 5.74) is 0.647. The van der Waals surface area contributed by atoms with Crippen molar-refractivity contribution >= 4 is 27.6 Å². The Hall–Kier alpha value is -2.31. The Morgan fingerprint density at radius 1 is 1.41 bits per heavy atom. The fourth-order valence-corrected chi connectivity index (χ4v) is 1.57. The number of nitrogens with one attached hydrogen (secondary N) is 1. The monoisotopic (exact) mass is 291 g/mol. The van der Waals surface area contributed by atoms with E-state index in [0.29, 0.717) is 10.2 Å². The normalized spacial score (nSPS) is 8.65. The maximum atomic E-state index is 10.7. The molecule has 0 amide bonds. The molecule has 17 heavy (non-hydrogen) atoms. The minimum atomic E-state index is -1.03. The van der Waals surface area contributed by atoms with Crippen molar-refractivity contribution in [2.45, 2.75) is 0 Å². The number of carboxylic acids is 1. The van der Waals surface area contributed by atoms with Crippen LogP contribution in [0, 0.1) is 22.7 Å². The smallest absolute Gasteiger partial charge is 0.336 e. The Balaban J connectivity index is 2.94. The van der Waals surface area contributed by atoms with Crippen LogP contribution in [0.25, 0.3) is 0 Å². The zero-order valence-electron chi connectivity index (χ0n) is 8.44. The van der Waals surface area contributed by atoms with Gasteiger partial charge in [-0.15, -0.1) is 0 Å². The molecule has 0 saturated carbocycles. The fourth-order valence-electron chi connectivity index (χ4n) is 1.02. The van der Waals surface area contributed by atoms with E-state index in [-0.39, 0.29) is 11.1 Å². The minimum absolute atomic E-state index is 0.0663. The van der Waals surface area contributed by atoms with E-state index in [2.05, 4.69) is 21.2 Å². The Kier molecular flexibility index (Phi) is 4.27. The maximum Gasteiger partial charge on any atom is 0.336 e. The quantitative estimate of drug-likeness (QED) is 0.834. The molecule has 0 aliphatic carbocycles. The van der Waals surface area contributed by atoms with Gasteiger partial charge < -0.3 is 10.4 Å². The molecule has 5 nitrogen and oxygen atoms in total. The zero-order valence-corrected chi connectivity index (χ0v) is 10.0. The largest absolute Gasteiger partial charge is 0.478 e. The van der Waals surface area contributed by atoms with Gasteiger partial charge >= 0.3 is 5.97 Å². The number of allylic oxidation sites excluding steroid dienone is 1. The second-order valence-corrected chi connectivity index (χ2v) is 3.78. The Bertz CT molecular complexity index is 551. The highest BCUT2D eigenvalue weighted by molar-refractivity contribution is 9.10. The molecule has 84 valence electrons. The van der Waals surface area contributed by atoms with Gasteiger partial charge in [0.2, 0.25) is 0 Å². The van der Waals surface area contributed by atoms with Crippen LogP contribution in [-0.2, 0) is 0 Å². The first-order valence-electron chi connectivity index (χ1n) is 4.38. The van der Waals surface area contributed by atoms with Crippen molar-refractivity contribution in [1.82, 2.24) is 0 Å². The van der Waals surface area contributed by atoms with Crippen LogP contribution in [0.5, 0.6) is 0 Å². The van der Waals surface area contributed by atoms with E-state index < -0.39 is 5.97 Å². The van der Waals surface area contributed by atoms with Crippen LogP contribution in [0.15, 0.2) is 34.4 Å². The number of hydrogen-bond acceptors (Lipinski definition) is 4. The number of carboxylic acid groups (broad SMARTS) is 1. The van der Waals surface area contributed by atoms with Crippen molar-refractivity contribution in [1.29, 1.82) is 10.5 Å². The van der Waals surface area contributed by atoms with Crippen molar-refractivity contribution in [3.05, 3.63) is 40.0 Å². The first kappa shape index (κ1) is 12.8. The highest BCUT2D eigenvalue weighted by Gasteiger charge is 2.07. The van der Waals surface area contributed by atoms with Crippen LogP contribution in [0.1, 0.15) is 10.4 Å². The van der Waals surface area contributed by atoms with Crippen molar-refractivity contribution in [3.8, 4) is 12.1 Å². The molecule has 0 saturated heterocycles. The van der Waals surface area contributed by atoms with Gasteiger partial charge in [0.25, 0.3) is 0 Å². The Labute approximate surface area is 106 Å². The van der Waals surface area contributed by atoms with Crippen LogP contribution in [0.2, 0.25) is 0 Å². The predicted octanol–water partition coefficient (Wildman–Crippen LogP) is 2.49. The predicted molar refractivity (Wildman–Crippen MR) is 64.0 cm³/mol. The summed E-state index contributed by atoms with van der Waals surface area (Å²) in [6, 6.07) is 7.90. The van der Waals surface area contributed by atoms with Crippen molar-refractivity contribution in [2.24, 2.45) is 0 Å². The van der Waals surface area contributed by atoms with Gasteiger partial charge in [-0.05, 0) is 34.1 Å². The fraction of sp³-hybridized carbons (Fsp3) is 0. The number of nitrogens with zero attached hydrogens (tertiary/aromatic N) is 2. The molecule has 1 rings (SSSR count). The van der Waals surface area contributed by atoms with Gasteiger partial charge in [0.1, 0.15) is 17.7 Å². The zero-order chi connectivity index (χ0) is 12.8. The molecule has 0 fully saturated rings. The van der Waals surface area contributed by atoms with Gasteiger partial charge in [-0.3, -0.25) is 0 Å². The van der Waals surface area contributed by atoms with Crippen molar-refractivity contribution in [3.63, 3.8) is 0 Å². The molecule has 6 heteroatoms. The topological polar surface area (TPSA) is 96.9 Å². The van der Waals surface area contributed by atoms with Gasteiger partial charge in [0.05, 0.1) is 5.56 Å². The number of hydrogen-bond donors (Lipinski definition) is 2. The number of halogens is 1. The van der Waals surface area contributed by atoms with E-state index in [1.54, 1.807) is 18.2 Å². The van der Waals surface area contributed by atoms with Gasteiger partial charge in [-0.2, -0.15) is 10.5 Å². The lowest BCUT2D eigenvalue weighted by molar-refractivity contribution is 0.0696. The third-order valence-corrected chi connectivity index (χ3v) is 2.48. The molecule has 0 radical (unpaired) electrons. The van der Waals surface area contributed by atoms with Crippen LogP contribution in [0.3, 0.4) is 0 Å². The summed E-state index contributed by atoms with van der Waals surface area (Å²) in [5.74, 6) is -1.03. The van der Waals surface area contributed by atoms with Gasteiger partial charge in [-0.1, -0.05) is 0 Å². The number of aromatic carboxylic acids is 1. The summed E-state index contributed by atoms with van der Waals surface area (Å²) >= 11 is 3.12. The van der Waals surface area contributed by atoms with Gasteiger partial charge in [-0.25, -0.2) is 4.79 Å². The standard InChI is InChI=1S/C11H6BrN3O2/c12-10-3-8(1-2-9(10)11(16)17)15-6-7(4-13)5-14/h1-3,6,15H,(H,16,17). The number of carbonyl (C=O) groups is 1. The Morgan fingerprint density at radius 3 is 2.53 bits per heavy atom. The summed E-state index contributed by atoms with van der Waals surface area (Å²) in [7, 11) is 0. The SMILES string of the molecule is N#CC(C#N)=CNc1ccc(C(=O)O)c(Br)c1. The second kappa shape index (κ2) is 5.69. The summed E-state index contributed by atoms with van der Waals surface area (Å²) in [4.78, 5) is 10.7. The molecular formula is C11H6BrN3O2. The van der Waals surface area contributed by atoms with Gasteiger partial charge in [0, 0.05) is 16.4 Å². The molecule has 0 aromatic heterocycles. The minimum Gasteiger partial charge on any atom is -0.478 e. The molecule has 0 bridgehead atoms. The van der Waals surface area contributed by atoms with Crippen molar-refractivity contribution in [2.75, 3.05) is 5.32 Å². The number of benzene rings is 1. The van der Waals surface area contributed by atoms with Crippen LogP contribution in [-0.4, -0.2) is 11.1 Å². The molecule has 0 aliphatic rings. The summed E-state index contributed by atoms with van der Waals surface area (Å²) < 4.78 is 0.416. The molecule has 0 unspecified atom stereocenters. The van der Waals surface area contributed by atoms with Gasteiger partial charge in [0.15, 0.2) is 0 Å². The number of anilines is 1. The second-order valence-electron chi connectivity index (χ2n) is 2.93. The van der Waals surface area contributed by atoms with E-state index >= 15 is 0 Å².